The summed E-state index contributed by atoms with van der Waals surface area (Å²) in [6.07, 6.45) is 6.32. The molecule has 0 saturated heterocycles. The zero-order chi connectivity index (χ0) is 18.4. The number of carboxylic acid groups (broad SMARTS) is 1. The van der Waals surface area contributed by atoms with Crippen molar-refractivity contribution in [2.24, 2.45) is 0 Å². The van der Waals surface area contributed by atoms with Crippen LogP contribution in [-0.4, -0.2) is 23.8 Å². The minimum absolute atomic E-state index is 0.217. The van der Waals surface area contributed by atoms with Gasteiger partial charge in [-0.2, -0.15) is 0 Å². The Balaban J connectivity index is 1.59. The van der Waals surface area contributed by atoms with E-state index in [1.165, 1.54) is 6.08 Å². The van der Waals surface area contributed by atoms with Gasteiger partial charge in [0.1, 0.15) is 0 Å². The van der Waals surface area contributed by atoms with Gasteiger partial charge in [-0.15, -0.1) is 0 Å². The number of fused-ring (bicyclic) bond motifs is 1. The van der Waals surface area contributed by atoms with Crippen LogP contribution < -0.4 is 14.8 Å². The summed E-state index contributed by atoms with van der Waals surface area (Å²) < 4.78 is 10.5. The van der Waals surface area contributed by atoms with Gasteiger partial charge in [0.2, 0.25) is 12.7 Å². The molecule has 0 aliphatic carbocycles. The molecule has 26 heavy (non-hydrogen) atoms. The van der Waals surface area contributed by atoms with Gasteiger partial charge in [0.05, 0.1) is 0 Å². The molecule has 0 fully saturated rings. The highest BCUT2D eigenvalue weighted by Crippen LogP contribution is 2.32. The average molecular weight is 351 g/mol. The lowest BCUT2D eigenvalue weighted by Gasteiger charge is -2.13. The quantitative estimate of drug-likeness (QED) is 0.617. The number of amides is 1. The van der Waals surface area contributed by atoms with E-state index in [9.17, 15) is 14.7 Å². The summed E-state index contributed by atoms with van der Waals surface area (Å²) in [6.45, 7) is 0.217. The number of benzene rings is 2. The summed E-state index contributed by atoms with van der Waals surface area (Å²) in [5.41, 5.74) is 1.41. The Labute approximate surface area is 150 Å². The summed E-state index contributed by atoms with van der Waals surface area (Å²) in [5.74, 6) is -0.218. The van der Waals surface area contributed by atoms with Crippen LogP contribution in [0.25, 0.3) is 6.08 Å². The smallest absolute Gasteiger partial charge is 0.330 e. The van der Waals surface area contributed by atoms with Gasteiger partial charge in [-0.25, -0.2) is 4.79 Å². The van der Waals surface area contributed by atoms with E-state index in [0.29, 0.717) is 17.1 Å². The van der Waals surface area contributed by atoms with Crippen molar-refractivity contribution in [3.05, 3.63) is 77.9 Å². The predicted octanol–water partition coefficient (Wildman–Crippen LogP) is 2.93. The molecule has 1 amide bonds. The second-order valence-corrected chi connectivity index (χ2v) is 5.52. The van der Waals surface area contributed by atoms with E-state index in [-0.39, 0.29) is 6.79 Å². The largest absolute Gasteiger partial charge is 0.479 e. The topological polar surface area (TPSA) is 84.9 Å². The third-order valence-corrected chi connectivity index (χ3v) is 3.71. The van der Waals surface area contributed by atoms with Gasteiger partial charge in [0.25, 0.3) is 0 Å². The van der Waals surface area contributed by atoms with Crippen LogP contribution in [-0.2, 0) is 9.59 Å². The van der Waals surface area contributed by atoms with Gasteiger partial charge in [-0.3, -0.25) is 4.79 Å². The summed E-state index contributed by atoms with van der Waals surface area (Å²) >= 11 is 0. The van der Waals surface area contributed by atoms with E-state index in [1.807, 2.05) is 18.2 Å². The Hall–Kier alpha value is -3.54. The van der Waals surface area contributed by atoms with Crippen molar-refractivity contribution >= 4 is 18.0 Å². The van der Waals surface area contributed by atoms with E-state index in [1.54, 1.807) is 48.6 Å². The molecule has 0 aromatic heterocycles. The number of hydrogen-bond acceptors (Lipinski definition) is 4. The number of ether oxygens (including phenoxy) is 2. The first-order valence-electron chi connectivity index (χ1n) is 7.96. The molecule has 132 valence electrons. The predicted molar refractivity (Wildman–Crippen MR) is 95.7 cm³/mol. The lowest BCUT2D eigenvalue weighted by molar-refractivity contribution is -0.141. The van der Waals surface area contributed by atoms with Crippen LogP contribution in [0.1, 0.15) is 17.2 Å². The highest BCUT2D eigenvalue weighted by Gasteiger charge is 2.20. The number of allylic oxidation sites excluding steroid dienone is 2. The third-order valence-electron chi connectivity index (χ3n) is 3.71. The van der Waals surface area contributed by atoms with E-state index in [2.05, 4.69) is 5.32 Å². The van der Waals surface area contributed by atoms with E-state index < -0.39 is 17.9 Å². The molecular formula is C20H17NO5. The van der Waals surface area contributed by atoms with Crippen molar-refractivity contribution in [2.75, 3.05) is 6.79 Å². The van der Waals surface area contributed by atoms with Gasteiger partial charge >= 0.3 is 5.97 Å². The molecule has 2 aromatic rings. The number of carboxylic acids is 1. The molecule has 3 rings (SSSR count). The van der Waals surface area contributed by atoms with Crippen molar-refractivity contribution in [1.29, 1.82) is 0 Å². The van der Waals surface area contributed by atoms with Crippen molar-refractivity contribution in [2.45, 2.75) is 6.04 Å². The molecule has 1 atom stereocenters. The Kier molecular flexibility index (Phi) is 5.34. The fraction of sp³-hybridized carbons (Fsp3) is 0.100. The van der Waals surface area contributed by atoms with Gasteiger partial charge in [0.15, 0.2) is 17.5 Å². The first-order valence-corrected chi connectivity index (χ1v) is 7.96. The number of rotatable bonds is 6. The second-order valence-electron chi connectivity index (χ2n) is 5.52. The Bertz CT molecular complexity index is 858. The van der Waals surface area contributed by atoms with Crippen LogP contribution in [0, 0.1) is 0 Å². The van der Waals surface area contributed by atoms with Crippen molar-refractivity contribution < 1.29 is 24.2 Å². The van der Waals surface area contributed by atoms with Gasteiger partial charge in [-0.1, -0.05) is 54.6 Å². The number of nitrogens with one attached hydrogen (secondary N) is 1. The number of hydrogen-bond donors (Lipinski definition) is 2. The molecule has 6 nitrogen and oxygen atoms in total. The van der Waals surface area contributed by atoms with Crippen molar-refractivity contribution in [1.82, 2.24) is 5.32 Å². The van der Waals surface area contributed by atoms with Crippen LogP contribution in [0.5, 0.6) is 11.5 Å². The van der Waals surface area contributed by atoms with E-state index in [0.717, 1.165) is 5.56 Å². The Morgan fingerprint density at radius 2 is 1.81 bits per heavy atom. The van der Waals surface area contributed by atoms with Crippen LogP contribution >= 0.6 is 0 Å². The normalized spacial score (nSPS) is 13.8. The molecule has 2 aromatic carbocycles. The van der Waals surface area contributed by atoms with E-state index >= 15 is 0 Å². The Morgan fingerprint density at radius 1 is 1.04 bits per heavy atom. The summed E-state index contributed by atoms with van der Waals surface area (Å²) in [6, 6.07) is 13.0. The maximum atomic E-state index is 12.0. The minimum Gasteiger partial charge on any atom is -0.479 e. The summed E-state index contributed by atoms with van der Waals surface area (Å²) in [7, 11) is 0. The van der Waals surface area contributed by atoms with Gasteiger partial charge < -0.3 is 19.9 Å². The fourth-order valence-corrected chi connectivity index (χ4v) is 2.45. The van der Waals surface area contributed by atoms with Gasteiger partial charge in [0, 0.05) is 6.08 Å². The van der Waals surface area contributed by atoms with Crippen LogP contribution in [0.2, 0.25) is 0 Å². The van der Waals surface area contributed by atoms with E-state index in [4.69, 9.17) is 9.47 Å². The molecule has 1 unspecified atom stereocenters. The van der Waals surface area contributed by atoms with Gasteiger partial charge in [-0.05, 0) is 23.3 Å². The minimum atomic E-state index is -1.12. The zero-order valence-electron chi connectivity index (χ0n) is 13.8. The first kappa shape index (κ1) is 17.3. The molecule has 0 spiro atoms. The molecule has 1 aliphatic rings. The maximum absolute atomic E-state index is 12.0. The SMILES string of the molecule is O=C(/C=C/C=C/c1ccc2c(c1)OCO2)NC(C(=O)O)c1ccccc1. The molecule has 0 bridgehead atoms. The number of carbonyl (C=O) groups excluding carboxylic acids is 1. The molecule has 6 heteroatoms. The molecule has 2 N–H and O–H groups in total. The lowest BCUT2D eigenvalue weighted by atomic mass is 10.1. The first-order chi connectivity index (χ1) is 12.6. The highest BCUT2D eigenvalue weighted by molar-refractivity contribution is 5.91. The standard InChI is InChI=1S/C20H17NO5/c22-18(21-19(20(23)24)15-7-2-1-3-8-15)9-5-4-6-14-10-11-16-17(12-14)26-13-25-16/h1-12,19H,13H2,(H,21,22)(H,23,24)/b6-4+,9-5+. The monoisotopic (exact) mass is 351 g/mol. The molecule has 0 saturated carbocycles. The summed E-state index contributed by atoms with van der Waals surface area (Å²) in [4.78, 5) is 23.3. The average Bonchev–Trinajstić information content (AvgIpc) is 3.11. The maximum Gasteiger partial charge on any atom is 0.330 e. The molecule has 1 heterocycles. The van der Waals surface area contributed by atoms with Crippen LogP contribution in [0.3, 0.4) is 0 Å². The number of aliphatic carboxylic acids is 1. The van der Waals surface area contributed by atoms with Crippen molar-refractivity contribution in [3.8, 4) is 11.5 Å². The zero-order valence-corrected chi connectivity index (χ0v) is 13.8. The van der Waals surface area contributed by atoms with Crippen molar-refractivity contribution in [3.63, 3.8) is 0 Å². The highest BCUT2D eigenvalue weighted by atomic mass is 16.7. The van der Waals surface area contributed by atoms with Crippen LogP contribution in [0.15, 0.2) is 66.8 Å². The second kappa shape index (κ2) is 8.02. The molecule has 1 aliphatic heterocycles. The molecule has 0 radical (unpaired) electrons. The number of carbonyl (C=O) groups is 2. The fourth-order valence-electron chi connectivity index (χ4n) is 2.45. The molecular weight excluding hydrogens is 334 g/mol. The summed E-state index contributed by atoms with van der Waals surface area (Å²) in [5, 5.41) is 11.8. The third kappa shape index (κ3) is 4.30. The Morgan fingerprint density at radius 3 is 2.58 bits per heavy atom. The van der Waals surface area contributed by atoms with Crippen LogP contribution in [0.4, 0.5) is 0 Å². The lowest BCUT2D eigenvalue weighted by Crippen LogP contribution is -2.32.